The highest BCUT2D eigenvalue weighted by molar-refractivity contribution is 5.87. The molecule has 0 heterocycles. The summed E-state index contributed by atoms with van der Waals surface area (Å²) in [6.07, 6.45) is 19.4. The molecule has 1 N–H and O–H groups in total. The highest BCUT2D eigenvalue weighted by atomic mass is 16.4. The first-order valence-electron chi connectivity index (χ1n) is 11.0. The lowest BCUT2D eigenvalue weighted by atomic mass is 9.77. The summed E-state index contributed by atoms with van der Waals surface area (Å²) in [6, 6.07) is 7.56. The second-order valence-corrected chi connectivity index (χ2v) is 8.26. The van der Waals surface area contributed by atoms with Crippen molar-refractivity contribution < 1.29 is 9.90 Å². The van der Waals surface area contributed by atoms with E-state index in [0.717, 1.165) is 5.92 Å². The Hall–Kier alpha value is -1.31. The zero-order chi connectivity index (χ0) is 18.6. The second kappa shape index (κ2) is 12.1. The Labute approximate surface area is 160 Å². The SMILES string of the molecule is CCCCCCCCCCCC1CCC(c2ccc(C(=O)O)cc2)CC1. The Morgan fingerprint density at radius 3 is 1.92 bits per heavy atom. The van der Waals surface area contributed by atoms with Crippen molar-refractivity contribution in [2.45, 2.75) is 103 Å². The van der Waals surface area contributed by atoms with Crippen LogP contribution in [-0.2, 0) is 0 Å². The van der Waals surface area contributed by atoms with Crippen LogP contribution in [0.25, 0.3) is 0 Å². The van der Waals surface area contributed by atoms with Gasteiger partial charge in [0.15, 0.2) is 0 Å². The fraction of sp³-hybridized carbons (Fsp3) is 0.708. The lowest BCUT2D eigenvalue weighted by molar-refractivity contribution is 0.0697. The van der Waals surface area contributed by atoms with Gasteiger partial charge < -0.3 is 5.11 Å². The molecule has 0 aliphatic heterocycles. The minimum atomic E-state index is -0.832. The predicted molar refractivity (Wildman–Crippen MR) is 110 cm³/mol. The van der Waals surface area contributed by atoms with E-state index in [4.69, 9.17) is 5.11 Å². The largest absolute Gasteiger partial charge is 0.478 e. The Balaban J connectivity index is 1.54. The molecule has 146 valence electrons. The molecule has 0 aromatic heterocycles. The fourth-order valence-corrected chi connectivity index (χ4v) is 4.43. The molecule has 1 aliphatic rings. The minimum absolute atomic E-state index is 0.396. The number of unbranched alkanes of at least 4 members (excludes halogenated alkanes) is 8. The van der Waals surface area contributed by atoms with Gasteiger partial charge in [-0.1, -0.05) is 83.3 Å². The van der Waals surface area contributed by atoms with E-state index in [0.29, 0.717) is 11.5 Å². The zero-order valence-corrected chi connectivity index (χ0v) is 16.7. The first-order valence-corrected chi connectivity index (χ1v) is 11.0. The molecule has 0 spiro atoms. The van der Waals surface area contributed by atoms with Crippen molar-refractivity contribution >= 4 is 5.97 Å². The normalized spacial score (nSPS) is 20.2. The number of aromatic carboxylic acids is 1. The molecule has 26 heavy (non-hydrogen) atoms. The highest BCUT2D eigenvalue weighted by Crippen LogP contribution is 2.37. The average molecular weight is 359 g/mol. The Morgan fingerprint density at radius 2 is 1.38 bits per heavy atom. The van der Waals surface area contributed by atoms with Gasteiger partial charge in [-0.3, -0.25) is 0 Å². The summed E-state index contributed by atoms with van der Waals surface area (Å²) in [5, 5.41) is 9.01. The molecule has 0 atom stereocenters. The second-order valence-electron chi connectivity index (χ2n) is 8.26. The number of rotatable bonds is 12. The van der Waals surface area contributed by atoms with Gasteiger partial charge in [-0.2, -0.15) is 0 Å². The summed E-state index contributed by atoms with van der Waals surface area (Å²) in [4.78, 5) is 11.0. The maximum atomic E-state index is 11.0. The fourth-order valence-electron chi connectivity index (χ4n) is 4.43. The van der Waals surface area contributed by atoms with Crippen LogP contribution >= 0.6 is 0 Å². The molecule has 0 radical (unpaired) electrons. The van der Waals surface area contributed by atoms with E-state index in [9.17, 15) is 4.79 Å². The first kappa shape index (κ1) is 21.0. The summed E-state index contributed by atoms with van der Waals surface area (Å²) in [5.74, 6) is 0.729. The van der Waals surface area contributed by atoms with E-state index in [1.807, 2.05) is 12.1 Å². The van der Waals surface area contributed by atoms with Crippen molar-refractivity contribution in [3.8, 4) is 0 Å². The van der Waals surface area contributed by atoms with E-state index < -0.39 is 5.97 Å². The third kappa shape index (κ3) is 7.51. The topological polar surface area (TPSA) is 37.3 Å². The molecule has 0 saturated heterocycles. The Kier molecular flexibility index (Phi) is 9.81. The van der Waals surface area contributed by atoms with Gasteiger partial charge in [-0.05, 0) is 55.2 Å². The van der Waals surface area contributed by atoms with Crippen molar-refractivity contribution in [2.24, 2.45) is 5.92 Å². The summed E-state index contributed by atoms with van der Waals surface area (Å²) in [6.45, 7) is 2.28. The summed E-state index contributed by atoms with van der Waals surface area (Å²) >= 11 is 0. The number of benzene rings is 1. The monoisotopic (exact) mass is 358 g/mol. The van der Waals surface area contributed by atoms with Gasteiger partial charge in [-0.25, -0.2) is 4.79 Å². The molecule has 0 amide bonds. The smallest absolute Gasteiger partial charge is 0.335 e. The zero-order valence-electron chi connectivity index (χ0n) is 16.7. The van der Waals surface area contributed by atoms with Crippen LogP contribution in [0.3, 0.4) is 0 Å². The van der Waals surface area contributed by atoms with Gasteiger partial charge in [0.05, 0.1) is 5.56 Å². The van der Waals surface area contributed by atoms with Crippen LogP contribution < -0.4 is 0 Å². The number of hydrogen-bond donors (Lipinski definition) is 1. The van der Waals surface area contributed by atoms with Crippen LogP contribution in [-0.4, -0.2) is 11.1 Å². The van der Waals surface area contributed by atoms with Crippen molar-refractivity contribution in [2.75, 3.05) is 0 Å². The molecular formula is C24H38O2. The molecule has 2 rings (SSSR count). The van der Waals surface area contributed by atoms with E-state index in [-0.39, 0.29) is 0 Å². The lowest BCUT2D eigenvalue weighted by Crippen LogP contribution is -2.13. The third-order valence-electron chi connectivity index (χ3n) is 6.19. The molecule has 1 aliphatic carbocycles. The first-order chi connectivity index (χ1) is 12.7. The Bertz CT molecular complexity index is 497. The van der Waals surface area contributed by atoms with Crippen molar-refractivity contribution in [1.82, 2.24) is 0 Å². The summed E-state index contributed by atoms with van der Waals surface area (Å²) in [5.41, 5.74) is 1.73. The van der Waals surface area contributed by atoms with Crippen molar-refractivity contribution in [3.05, 3.63) is 35.4 Å². The molecular weight excluding hydrogens is 320 g/mol. The van der Waals surface area contributed by atoms with Gasteiger partial charge >= 0.3 is 5.97 Å². The molecule has 1 aromatic carbocycles. The lowest BCUT2D eigenvalue weighted by Gasteiger charge is -2.29. The standard InChI is InChI=1S/C24H38O2/c1-2-3-4-5-6-7-8-9-10-11-20-12-14-21(15-13-20)22-16-18-23(19-17-22)24(25)26/h16-21H,2-15H2,1H3,(H,25,26). The van der Waals surface area contributed by atoms with E-state index >= 15 is 0 Å². The van der Waals surface area contributed by atoms with Gasteiger partial charge in [0.2, 0.25) is 0 Å². The molecule has 1 aromatic rings. The van der Waals surface area contributed by atoms with Crippen LogP contribution in [0.2, 0.25) is 0 Å². The number of carbonyl (C=O) groups is 1. The van der Waals surface area contributed by atoms with Gasteiger partial charge in [0.1, 0.15) is 0 Å². The predicted octanol–water partition coefficient (Wildman–Crippen LogP) is 7.58. The van der Waals surface area contributed by atoms with E-state index in [2.05, 4.69) is 6.92 Å². The number of hydrogen-bond acceptors (Lipinski definition) is 1. The maximum absolute atomic E-state index is 11.0. The van der Waals surface area contributed by atoms with E-state index in [1.54, 1.807) is 12.1 Å². The van der Waals surface area contributed by atoms with Crippen LogP contribution in [0.15, 0.2) is 24.3 Å². The quantitative estimate of drug-likeness (QED) is 0.391. The summed E-state index contributed by atoms with van der Waals surface area (Å²) < 4.78 is 0. The molecule has 2 heteroatoms. The van der Waals surface area contributed by atoms with Crippen LogP contribution in [0.1, 0.15) is 119 Å². The third-order valence-corrected chi connectivity index (χ3v) is 6.19. The molecule has 0 unspecified atom stereocenters. The number of carboxylic acid groups (broad SMARTS) is 1. The maximum Gasteiger partial charge on any atom is 0.335 e. The van der Waals surface area contributed by atoms with Crippen molar-refractivity contribution in [1.29, 1.82) is 0 Å². The number of carboxylic acids is 1. The van der Waals surface area contributed by atoms with Gasteiger partial charge in [0.25, 0.3) is 0 Å². The van der Waals surface area contributed by atoms with Crippen molar-refractivity contribution in [3.63, 3.8) is 0 Å². The van der Waals surface area contributed by atoms with Crippen LogP contribution in [0, 0.1) is 5.92 Å². The molecule has 1 fully saturated rings. The minimum Gasteiger partial charge on any atom is -0.478 e. The molecule has 0 bridgehead atoms. The van der Waals surface area contributed by atoms with Gasteiger partial charge in [-0.15, -0.1) is 0 Å². The average Bonchev–Trinajstić information content (AvgIpc) is 2.67. The van der Waals surface area contributed by atoms with Crippen LogP contribution in [0.5, 0.6) is 0 Å². The van der Waals surface area contributed by atoms with E-state index in [1.165, 1.54) is 95.5 Å². The highest BCUT2D eigenvalue weighted by Gasteiger charge is 2.22. The molecule has 2 nitrogen and oxygen atoms in total. The molecule has 1 saturated carbocycles. The Morgan fingerprint density at radius 1 is 0.846 bits per heavy atom. The van der Waals surface area contributed by atoms with Crippen LogP contribution in [0.4, 0.5) is 0 Å². The summed E-state index contributed by atoms with van der Waals surface area (Å²) in [7, 11) is 0. The van der Waals surface area contributed by atoms with Gasteiger partial charge in [0, 0.05) is 0 Å².